The maximum atomic E-state index is 3.97. The van der Waals surface area contributed by atoms with Gasteiger partial charge in [-0.05, 0) is 42.4 Å². The van der Waals surface area contributed by atoms with Gasteiger partial charge in [-0.1, -0.05) is 114 Å². The van der Waals surface area contributed by atoms with Crippen LogP contribution in [0.2, 0.25) is 0 Å². The van der Waals surface area contributed by atoms with Gasteiger partial charge in [-0.2, -0.15) is 0 Å². The van der Waals surface area contributed by atoms with E-state index in [1.807, 2.05) is 0 Å². The van der Waals surface area contributed by atoms with Crippen molar-refractivity contribution in [1.29, 1.82) is 0 Å². The van der Waals surface area contributed by atoms with Crippen molar-refractivity contribution >= 4 is 14.9 Å². The first-order valence-corrected chi connectivity index (χ1v) is 18.2. The molecule has 1 atom stereocenters. The standard InChI is InChI=1S/C31H39.C13H10.2ClH.Zr/c1-9-22-15-16-25-24(17-22)18-26-28(25)27(19(3)4)29(20(5)6)31(10-2,21(7)8)30(26)23-13-11-12-14-23;1-3-7-12(8-4-1)11-13-9-5-2-6-10-13;;;/h11-13,15-17,19-21H,9-10,14H2,1-8H3;1-10H;2*1H;/q-1;;;;+2/p-2. The number of aryl methyl sites for hydroxylation is 1. The molecule has 47 heavy (non-hydrogen) atoms. The number of benzene rings is 3. The van der Waals surface area contributed by atoms with Crippen molar-refractivity contribution in [2.24, 2.45) is 23.2 Å². The van der Waals surface area contributed by atoms with Crippen LogP contribution in [0, 0.1) is 23.2 Å². The van der Waals surface area contributed by atoms with Gasteiger partial charge in [-0.15, -0.1) is 33.7 Å². The van der Waals surface area contributed by atoms with Crippen LogP contribution in [0.1, 0.15) is 84.9 Å². The van der Waals surface area contributed by atoms with Crippen LogP contribution < -0.4 is 35.3 Å². The van der Waals surface area contributed by atoms with Crippen molar-refractivity contribution in [3.05, 3.63) is 152 Å². The molecule has 6 rings (SSSR count). The van der Waals surface area contributed by atoms with Crippen LogP contribution in [-0.4, -0.2) is 3.21 Å². The molecule has 0 nitrogen and oxygen atoms in total. The SMILES string of the molecule is CCc1ccc2c(c1)=[C-]C1=C(C3=CC=CC3)C(CC)(C(C)C)C(C(C)C)=C(C(C)C)C=21.[Cl-].[Cl-].[Zr+2]=[C](c1ccccc1)c1ccccc1. The number of fused-ring (bicyclic) bond motifs is 2. The van der Waals surface area contributed by atoms with E-state index in [1.54, 1.807) is 16.7 Å². The molecule has 0 radical (unpaired) electrons. The average molecular weight is 740 g/mol. The van der Waals surface area contributed by atoms with Crippen molar-refractivity contribution in [2.45, 2.75) is 74.7 Å². The van der Waals surface area contributed by atoms with E-state index in [0.29, 0.717) is 17.8 Å². The van der Waals surface area contributed by atoms with E-state index in [0.717, 1.165) is 19.3 Å². The first-order valence-electron chi connectivity index (χ1n) is 17.0. The maximum absolute atomic E-state index is 3.97. The van der Waals surface area contributed by atoms with Crippen molar-refractivity contribution in [3.8, 4) is 0 Å². The number of hydrogen-bond donors (Lipinski definition) is 0. The quantitative estimate of drug-likeness (QED) is 0.310. The minimum atomic E-state index is 0. The van der Waals surface area contributed by atoms with Gasteiger partial charge < -0.3 is 24.8 Å². The first-order chi connectivity index (χ1) is 21.6. The van der Waals surface area contributed by atoms with Gasteiger partial charge in [-0.3, -0.25) is 0 Å². The second-order valence-corrected chi connectivity index (χ2v) is 14.8. The summed E-state index contributed by atoms with van der Waals surface area (Å²) in [5, 5.41) is 2.69. The Hall–Kier alpha value is -2.31. The molecule has 3 aromatic carbocycles. The molecule has 0 amide bonds. The summed E-state index contributed by atoms with van der Waals surface area (Å²) in [5.41, 5.74) is 13.3. The van der Waals surface area contributed by atoms with E-state index in [1.165, 1.54) is 71.3 Å². The van der Waals surface area contributed by atoms with Crippen LogP contribution in [0.15, 0.2) is 125 Å². The van der Waals surface area contributed by atoms with E-state index >= 15 is 0 Å². The fraction of sp³-hybridized carbons (Fsp3) is 0.341. The third-order valence-corrected chi connectivity index (χ3v) is 11.3. The summed E-state index contributed by atoms with van der Waals surface area (Å²) in [5.74, 6) is 1.53. The van der Waals surface area contributed by atoms with Crippen LogP contribution >= 0.6 is 0 Å². The van der Waals surface area contributed by atoms with Crippen LogP contribution in [0.25, 0.3) is 11.6 Å². The number of hydrogen-bond acceptors (Lipinski definition) is 0. The van der Waals surface area contributed by atoms with Gasteiger partial charge in [0.05, 0.1) is 0 Å². The van der Waals surface area contributed by atoms with Gasteiger partial charge in [0.2, 0.25) is 0 Å². The molecule has 0 bridgehead atoms. The summed E-state index contributed by atoms with van der Waals surface area (Å²) in [4.78, 5) is 0. The first kappa shape index (κ1) is 39.1. The molecule has 0 spiro atoms. The Labute approximate surface area is 311 Å². The third kappa shape index (κ3) is 7.49. The van der Waals surface area contributed by atoms with Crippen molar-refractivity contribution < 1.29 is 49.0 Å². The Morgan fingerprint density at radius 2 is 1.40 bits per heavy atom. The topological polar surface area (TPSA) is 0 Å². The summed E-state index contributed by atoms with van der Waals surface area (Å²) >= 11 is 1.46. The molecule has 1 unspecified atom stereocenters. The molecule has 0 heterocycles. The third-order valence-electron chi connectivity index (χ3n) is 9.92. The molecule has 0 saturated heterocycles. The molecule has 0 N–H and O–H groups in total. The van der Waals surface area contributed by atoms with E-state index in [9.17, 15) is 0 Å². The van der Waals surface area contributed by atoms with E-state index in [-0.39, 0.29) is 30.2 Å². The van der Waals surface area contributed by atoms with E-state index in [4.69, 9.17) is 0 Å². The zero-order chi connectivity index (χ0) is 32.3. The number of allylic oxidation sites excluding steroid dienone is 8. The predicted molar refractivity (Wildman–Crippen MR) is 191 cm³/mol. The number of rotatable bonds is 8. The molecular weight excluding hydrogens is 691 g/mol. The van der Waals surface area contributed by atoms with Gasteiger partial charge in [0, 0.05) is 0 Å². The Bertz CT molecular complexity index is 1780. The molecular formula is C44H49Cl2Zr-. The molecule has 244 valence electrons. The van der Waals surface area contributed by atoms with Crippen molar-refractivity contribution in [3.63, 3.8) is 0 Å². The van der Waals surface area contributed by atoms with Crippen LogP contribution in [0.3, 0.4) is 0 Å². The van der Waals surface area contributed by atoms with Gasteiger partial charge in [0.15, 0.2) is 0 Å². The molecule has 0 aromatic heterocycles. The molecule has 3 aliphatic rings. The molecule has 3 aromatic rings. The van der Waals surface area contributed by atoms with Crippen LogP contribution in [0.5, 0.6) is 0 Å². The fourth-order valence-corrected chi connectivity index (χ4v) is 8.74. The Morgan fingerprint density at radius 3 is 1.85 bits per heavy atom. The number of halogens is 2. The Balaban J connectivity index is 0.000000316. The summed E-state index contributed by atoms with van der Waals surface area (Å²) in [6, 6.07) is 28.2. The minimum absolute atomic E-state index is 0. The monoisotopic (exact) mass is 737 g/mol. The van der Waals surface area contributed by atoms with E-state index in [2.05, 4.69) is 159 Å². The summed E-state index contributed by atoms with van der Waals surface area (Å²) < 4.78 is 1.42. The molecule has 0 fully saturated rings. The zero-order valence-corrected chi connectivity index (χ0v) is 33.3. The second kappa shape index (κ2) is 16.9. The average Bonchev–Trinajstić information content (AvgIpc) is 3.72. The van der Waals surface area contributed by atoms with Crippen molar-refractivity contribution in [1.82, 2.24) is 0 Å². The van der Waals surface area contributed by atoms with Gasteiger partial charge in [-0.25, -0.2) is 0 Å². The molecule has 3 aliphatic carbocycles. The second-order valence-electron chi connectivity index (χ2n) is 13.5. The predicted octanol–water partition coefficient (Wildman–Crippen LogP) is 3.74. The summed E-state index contributed by atoms with van der Waals surface area (Å²) in [6.45, 7) is 19.1. The van der Waals surface area contributed by atoms with Crippen LogP contribution in [0.4, 0.5) is 0 Å². The zero-order valence-electron chi connectivity index (χ0n) is 29.3. The Morgan fingerprint density at radius 1 is 0.809 bits per heavy atom. The normalized spacial score (nSPS) is 17.9. The molecule has 0 saturated carbocycles. The summed E-state index contributed by atoms with van der Waals surface area (Å²) in [6.07, 6.45) is 14.1. The summed E-state index contributed by atoms with van der Waals surface area (Å²) in [7, 11) is 0. The molecule has 0 aliphatic heterocycles. The van der Waals surface area contributed by atoms with Gasteiger partial charge >= 0.3 is 99.2 Å². The fourth-order valence-electron chi connectivity index (χ4n) is 7.92. The van der Waals surface area contributed by atoms with Crippen molar-refractivity contribution in [2.75, 3.05) is 0 Å². The van der Waals surface area contributed by atoms with Crippen LogP contribution in [-0.2, 0) is 30.7 Å². The Kier molecular flexibility index (Phi) is 14.1. The van der Waals surface area contributed by atoms with Gasteiger partial charge in [0.1, 0.15) is 0 Å². The van der Waals surface area contributed by atoms with E-state index < -0.39 is 0 Å². The molecule has 3 heteroatoms. The van der Waals surface area contributed by atoms with Gasteiger partial charge in [0.25, 0.3) is 0 Å².